The molecule has 4 aromatic carbocycles. The smallest absolute Gasteiger partial charge is 0.343 e. The van der Waals surface area contributed by atoms with Crippen LogP contribution in [0, 0.1) is 10.1 Å². The predicted molar refractivity (Wildman–Crippen MR) is 144 cm³/mol. The highest BCUT2D eigenvalue weighted by molar-refractivity contribution is 5.94. The number of nitro benzene ring substituents is 1. The van der Waals surface area contributed by atoms with E-state index >= 15 is 0 Å². The van der Waals surface area contributed by atoms with E-state index in [1.807, 2.05) is 0 Å². The minimum absolute atomic E-state index is 0.0152. The Bertz CT molecular complexity index is 1560. The lowest BCUT2D eigenvalue weighted by molar-refractivity contribution is -0.385. The van der Waals surface area contributed by atoms with Crippen LogP contribution in [0.2, 0.25) is 0 Å². The van der Waals surface area contributed by atoms with Crippen LogP contribution >= 0.6 is 0 Å². The molecular weight excluding hydrogens is 518 g/mol. The van der Waals surface area contributed by atoms with Gasteiger partial charge in [0, 0.05) is 17.7 Å². The molecule has 0 fully saturated rings. The standard InChI is InChI=1S/C29H21N3O8/c33-27(19-38-25-14-8-7-13-24(25)32(36)37)31-30-18-22-15-16-23(39-28(34)20-9-3-1-4-10-20)17-26(22)40-29(35)21-11-5-2-6-12-21/h1-18H,19H2,(H,31,33). The second-order valence-corrected chi connectivity index (χ2v) is 8.02. The van der Waals surface area contributed by atoms with Gasteiger partial charge in [0.15, 0.2) is 12.4 Å². The number of esters is 2. The number of ether oxygens (including phenoxy) is 3. The van der Waals surface area contributed by atoms with E-state index in [0.717, 1.165) is 0 Å². The van der Waals surface area contributed by atoms with Crippen LogP contribution in [0.4, 0.5) is 5.69 Å². The Morgan fingerprint density at radius 1 is 0.775 bits per heavy atom. The van der Waals surface area contributed by atoms with Gasteiger partial charge < -0.3 is 14.2 Å². The Labute approximate surface area is 227 Å². The van der Waals surface area contributed by atoms with Crippen molar-refractivity contribution < 1.29 is 33.5 Å². The van der Waals surface area contributed by atoms with Gasteiger partial charge in [-0.15, -0.1) is 0 Å². The van der Waals surface area contributed by atoms with E-state index in [9.17, 15) is 24.5 Å². The summed E-state index contributed by atoms with van der Waals surface area (Å²) in [7, 11) is 0. The maximum atomic E-state index is 12.7. The predicted octanol–water partition coefficient (Wildman–Crippen LogP) is 4.56. The first-order valence-corrected chi connectivity index (χ1v) is 11.8. The third-order valence-electron chi connectivity index (χ3n) is 5.23. The summed E-state index contributed by atoms with van der Waals surface area (Å²) in [6, 6.07) is 26.6. The van der Waals surface area contributed by atoms with Crippen molar-refractivity contribution in [3.63, 3.8) is 0 Å². The third-order valence-corrected chi connectivity index (χ3v) is 5.23. The van der Waals surface area contributed by atoms with Crippen molar-refractivity contribution in [3.8, 4) is 17.2 Å². The normalized spacial score (nSPS) is 10.5. The molecule has 200 valence electrons. The van der Waals surface area contributed by atoms with Gasteiger partial charge in [-0.1, -0.05) is 48.5 Å². The van der Waals surface area contributed by atoms with E-state index in [2.05, 4.69) is 10.5 Å². The number of carbonyl (C=O) groups is 3. The lowest BCUT2D eigenvalue weighted by Gasteiger charge is -2.10. The van der Waals surface area contributed by atoms with Crippen LogP contribution in [0.5, 0.6) is 17.2 Å². The lowest BCUT2D eigenvalue weighted by atomic mass is 10.2. The van der Waals surface area contributed by atoms with Crippen molar-refractivity contribution >= 4 is 29.7 Å². The summed E-state index contributed by atoms with van der Waals surface area (Å²) in [5, 5.41) is 14.9. The molecule has 0 unspecified atom stereocenters. The second-order valence-electron chi connectivity index (χ2n) is 8.02. The van der Waals surface area contributed by atoms with E-state index in [0.29, 0.717) is 5.56 Å². The topological polar surface area (TPSA) is 146 Å². The average molecular weight is 540 g/mol. The first kappa shape index (κ1) is 27.2. The highest BCUT2D eigenvalue weighted by Gasteiger charge is 2.16. The molecular formula is C29H21N3O8. The molecule has 0 spiro atoms. The number of nitrogens with zero attached hydrogens (tertiary/aromatic N) is 2. The van der Waals surface area contributed by atoms with E-state index < -0.39 is 29.4 Å². The van der Waals surface area contributed by atoms with Crippen LogP contribution in [0.3, 0.4) is 0 Å². The Kier molecular flexibility index (Phi) is 8.91. The maximum Gasteiger partial charge on any atom is 0.343 e. The number of benzene rings is 4. The molecule has 0 aliphatic heterocycles. The van der Waals surface area contributed by atoms with Crippen LogP contribution in [-0.4, -0.2) is 35.6 Å². The summed E-state index contributed by atoms with van der Waals surface area (Å²) < 4.78 is 16.2. The maximum absolute atomic E-state index is 12.7. The summed E-state index contributed by atoms with van der Waals surface area (Å²) >= 11 is 0. The molecule has 0 aliphatic carbocycles. The van der Waals surface area contributed by atoms with Crippen molar-refractivity contribution in [3.05, 3.63) is 130 Å². The van der Waals surface area contributed by atoms with Gasteiger partial charge in [-0.25, -0.2) is 15.0 Å². The van der Waals surface area contributed by atoms with Crippen LogP contribution < -0.4 is 19.6 Å². The first-order valence-electron chi connectivity index (χ1n) is 11.8. The van der Waals surface area contributed by atoms with Gasteiger partial charge in [-0.05, 0) is 42.5 Å². The van der Waals surface area contributed by atoms with Crippen molar-refractivity contribution in [2.24, 2.45) is 5.10 Å². The van der Waals surface area contributed by atoms with Crippen molar-refractivity contribution in [2.45, 2.75) is 0 Å². The zero-order valence-corrected chi connectivity index (χ0v) is 20.8. The van der Waals surface area contributed by atoms with Crippen molar-refractivity contribution in [1.82, 2.24) is 5.43 Å². The van der Waals surface area contributed by atoms with Crippen molar-refractivity contribution in [1.29, 1.82) is 0 Å². The zero-order chi connectivity index (χ0) is 28.3. The van der Waals surface area contributed by atoms with Gasteiger partial charge in [-0.2, -0.15) is 5.10 Å². The van der Waals surface area contributed by atoms with E-state index in [1.165, 1.54) is 48.7 Å². The quantitative estimate of drug-likeness (QED) is 0.101. The SMILES string of the molecule is O=C(COc1ccccc1[N+](=O)[O-])NN=Cc1ccc(OC(=O)c2ccccc2)cc1OC(=O)c1ccccc1. The molecule has 0 heterocycles. The van der Waals surface area contributed by atoms with Crippen LogP contribution in [0.15, 0.2) is 108 Å². The molecule has 4 aromatic rings. The fourth-order valence-corrected chi connectivity index (χ4v) is 3.33. The molecule has 0 aromatic heterocycles. The number of hydrogen-bond donors (Lipinski definition) is 1. The van der Waals surface area contributed by atoms with Gasteiger partial charge in [0.2, 0.25) is 0 Å². The Morgan fingerprint density at radius 3 is 2.02 bits per heavy atom. The molecule has 0 aliphatic rings. The highest BCUT2D eigenvalue weighted by atomic mass is 16.6. The van der Waals surface area contributed by atoms with E-state index in [4.69, 9.17) is 14.2 Å². The molecule has 0 radical (unpaired) electrons. The highest BCUT2D eigenvalue weighted by Crippen LogP contribution is 2.27. The molecule has 11 nitrogen and oxygen atoms in total. The minimum atomic E-state index is -0.689. The van der Waals surface area contributed by atoms with E-state index in [-0.39, 0.29) is 34.1 Å². The molecule has 1 amide bonds. The van der Waals surface area contributed by atoms with Gasteiger partial charge in [0.1, 0.15) is 11.5 Å². The molecule has 0 atom stereocenters. The number of amides is 1. The molecule has 0 saturated carbocycles. The van der Waals surface area contributed by atoms with Crippen LogP contribution in [0.1, 0.15) is 26.3 Å². The molecule has 11 heteroatoms. The molecule has 4 rings (SSSR count). The fourth-order valence-electron chi connectivity index (χ4n) is 3.33. The number of carbonyl (C=O) groups excluding carboxylic acids is 3. The summed E-state index contributed by atoms with van der Waals surface area (Å²) in [6.07, 6.45) is 1.22. The largest absolute Gasteiger partial charge is 0.477 e. The molecule has 0 saturated heterocycles. The minimum Gasteiger partial charge on any atom is -0.477 e. The molecule has 1 N–H and O–H groups in total. The number of hydrogen-bond acceptors (Lipinski definition) is 9. The van der Waals surface area contributed by atoms with Gasteiger partial charge in [0.05, 0.1) is 22.3 Å². The third kappa shape index (κ3) is 7.35. The Morgan fingerprint density at radius 2 is 1.38 bits per heavy atom. The summed E-state index contributed by atoms with van der Waals surface area (Å²) in [4.78, 5) is 47.8. The second kappa shape index (κ2) is 13.1. The lowest BCUT2D eigenvalue weighted by Crippen LogP contribution is -2.24. The monoisotopic (exact) mass is 539 g/mol. The first-order chi connectivity index (χ1) is 19.4. The average Bonchev–Trinajstić information content (AvgIpc) is 2.98. The number of hydrazone groups is 1. The summed E-state index contributed by atoms with van der Waals surface area (Å²) in [5.74, 6) is -1.89. The van der Waals surface area contributed by atoms with Crippen molar-refractivity contribution in [2.75, 3.05) is 6.61 Å². The number of nitrogens with one attached hydrogen (secondary N) is 1. The van der Waals surface area contributed by atoms with Gasteiger partial charge in [0.25, 0.3) is 5.91 Å². The van der Waals surface area contributed by atoms with E-state index in [1.54, 1.807) is 60.7 Å². The molecule has 40 heavy (non-hydrogen) atoms. The molecule has 0 bridgehead atoms. The Hall–Kier alpha value is -5.84. The zero-order valence-electron chi connectivity index (χ0n) is 20.8. The number of para-hydroxylation sites is 2. The van der Waals surface area contributed by atoms with Crippen LogP contribution in [0.25, 0.3) is 0 Å². The summed E-state index contributed by atoms with van der Waals surface area (Å²) in [5.41, 5.74) is 2.87. The van der Waals surface area contributed by atoms with Gasteiger partial charge >= 0.3 is 17.6 Å². The summed E-state index contributed by atoms with van der Waals surface area (Å²) in [6.45, 7) is -0.535. The van der Waals surface area contributed by atoms with Crippen LogP contribution in [-0.2, 0) is 4.79 Å². The van der Waals surface area contributed by atoms with Gasteiger partial charge in [-0.3, -0.25) is 14.9 Å². The fraction of sp³-hybridized carbons (Fsp3) is 0.0345. The number of nitro groups is 1. The Balaban J connectivity index is 1.47. The number of rotatable bonds is 10.